The van der Waals surface area contributed by atoms with Crippen molar-refractivity contribution in [1.82, 2.24) is 5.32 Å². The molecule has 1 aliphatic carbocycles. The number of hydrogen-bond acceptors (Lipinski definition) is 2. The molecule has 1 aromatic carbocycles. The molecule has 2 N–H and O–H groups in total. The Morgan fingerprint density at radius 3 is 2.59 bits per heavy atom. The smallest absolute Gasteiger partial charge is 0.251 e. The SMILES string of the molecule is CC(=O)Nc1cc(C(=O)N[C@@H]2C[C@H](C)CC[C@H]2C)ccc1C. The van der Waals surface area contributed by atoms with Crippen LogP contribution in [0.2, 0.25) is 0 Å². The van der Waals surface area contributed by atoms with E-state index in [0.29, 0.717) is 23.1 Å². The molecule has 1 aromatic rings. The molecule has 22 heavy (non-hydrogen) atoms. The molecule has 0 unspecified atom stereocenters. The molecule has 4 heteroatoms. The minimum absolute atomic E-state index is 0.0578. The van der Waals surface area contributed by atoms with Crippen LogP contribution < -0.4 is 10.6 Å². The van der Waals surface area contributed by atoms with Crippen LogP contribution in [0.4, 0.5) is 5.69 Å². The summed E-state index contributed by atoms with van der Waals surface area (Å²) in [6.45, 7) is 7.83. The normalized spacial score (nSPS) is 24.6. The van der Waals surface area contributed by atoms with E-state index in [9.17, 15) is 9.59 Å². The van der Waals surface area contributed by atoms with Crippen LogP contribution in [-0.2, 0) is 4.79 Å². The van der Waals surface area contributed by atoms with Gasteiger partial charge in [-0.15, -0.1) is 0 Å². The highest BCUT2D eigenvalue weighted by atomic mass is 16.2. The molecule has 0 bridgehead atoms. The van der Waals surface area contributed by atoms with Crippen LogP contribution >= 0.6 is 0 Å². The lowest BCUT2D eigenvalue weighted by atomic mass is 9.80. The molecule has 3 atom stereocenters. The maximum absolute atomic E-state index is 12.5. The van der Waals surface area contributed by atoms with Gasteiger partial charge in [-0.05, 0) is 49.3 Å². The Morgan fingerprint density at radius 2 is 1.91 bits per heavy atom. The van der Waals surface area contributed by atoms with Gasteiger partial charge in [0.15, 0.2) is 0 Å². The summed E-state index contributed by atoms with van der Waals surface area (Å²) in [4.78, 5) is 23.7. The van der Waals surface area contributed by atoms with E-state index in [0.717, 1.165) is 18.4 Å². The first kappa shape index (κ1) is 16.5. The van der Waals surface area contributed by atoms with Gasteiger partial charge in [-0.3, -0.25) is 9.59 Å². The summed E-state index contributed by atoms with van der Waals surface area (Å²) in [7, 11) is 0. The molecule has 1 fully saturated rings. The zero-order valence-electron chi connectivity index (χ0n) is 13.9. The molecular formula is C18H26N2O2. The summed E-state index contributed by atoms with van der Waals surface area (Å²) in [5.41, 5.74) is 2.25. The predicted molar refractivity (Wildman–Crippen MR) is 88.9 cm³/mol. The molecule has 1 saturated carbocycles. The van der Waals surface area contributed by atoms with E-state index in [2.05, 4.69) is 24.5 Å². The van der Waals surface area contributed by atoms with E-state index in [-0.39, 0.29) is 17.9 Å². The van der Waals surface area contributed by atoms with Gasteiger partial charge in [-0.1, -0.05) is 26.3 Å². The lowest BCUT2D eigenvalue weighted by Gasteiger charge is -2.33. The van der Waals surface area contributed by atoms with Gasteiger partial charge < -0.3 is 10.6 Å². The van der Waals surface area contributed by atoms with Crippen molar-refractivity contribution < 1.29 is 9.59 Å². The molecule has 0 aromatic heterocycles. The molecule has 0 heterocycles. The molecule has 4 nitrogen and oxygen atoms in total. The Kier molecular flexibility index (Phi) is 5.22. The maximum atomic E-state index is 12.5. The van der Waals surface area contributed by atoms with Crippen LogP contribution in [0.25, 0.3) is 0 Å². The van der Waals surface area contributed by atoms with E-state index in [1.807, 2.05) is 19.1 Å². The number of anilines is 1. The summed E-state index contributed by atoms with van der Waals surface area (Å²) in [5, 5.41) is 5.93. The van der Waals surface area contributed by atoms with Gasteiger partial charge in [0, 0.05) is 24.2 Å². The highest BCUT2D eigenvalue weighted by Crippen LogP contribution is 2.28. The molecule has 0 radical (unpaired) electrons. The van der Waals surface area contributed by atoms with Gasteiger partial charge in [0.1, 0.15) is 0 Å². The van der Waals surface area contributed by atoms with E-state index >= 15 is 0 Å². The van der Waals surface area contributed by atoms with Gasteiger partial charge in [0.25, 0.3) is 5.91 Å². The van der Waals surface area contributed by atoms with Gasteiger partial charge in [0.2, 0.25) is 5.91 Å². The fourth-order valence-electron chi connectivity index (χ4n) is 3.07. The zero-order valence-corrected chi connectivity index (χ0v) is 13.9. The van der Waals surface area contributed by atoms with Gasteiger partial charge in [-0.25, -0.2) is 0 Å². The van der Waals surface area contributed by atoms with E-state index < -0.39 is 0 Å². The Balaban J connectivity index is 2.10. The number of rotatable bonds is 3. The van der Waals surface area contributed by atoms with E-state index in [1.54, 1.807) is 6.07 Å². The second kappa shape index (κ2) is 6.95. The van der Waals surface area contributed by atoms with Gasteiger partial charge in [-0.2, -0.15) is 0 Å². The van der Waals surface area contributed by atoms with Crippen LogP contribution in [0.1, 0.15) is 56.0 Å². The summed E-state index contributed by atoms with van der Waals surface area (Å²) in [6.07, 6.45) is 3.44. The van der Waals surface area contributed by atoms with Gasteiger partial charge in [0.05, 0.1) is 0 Å². The average molecular weight is 302 g/mol. The first-order chi connectivity index (χ1) is 10.4. The largest absolute Gasteiger partial charge is 0.349 e. The summed E-state index contributed by atoms with van der Waals surface area (Å²) >= 11 is 0. The lowest BCUT2D eigenvalue weighted by molar-refractivity contribution is -0.114. The van der Waals surface area contributed by atoms with Crippen LogP contribution in [-0.4, -0.2) is 17.9 Å². The third kappa shape index (κ3) is 4.09. The second-order valence-electron chi connectivity index (χ2n) is 6.69. The quantitative estimate of drug-likeness (QED) is 0.897. The van der Waals surface area contributed by atoms with Crippen LogP contribution in [0.3, 0.4) is 0 Å². The fraction of sp³-hybridized carbons (Fsp3) is 0.556. The molecule has 2 rings (SSSR count). The van der Waals surface area contributed by atoms with Gasteiger partial charge >= 0.3 is 0 Å². The molecule has 1 aliphatic rings. The monoisotopic (exact) mass is 302 g/mol. The minimum Gasteiger partial charge on any atom is -0.349 e. The Hall–Kier alpha value is -1.84. The van der Waals surface area contributed by atoms with Crippen molar-refractivity contribution in [2.24, 2.45) is 11.8 Å². The maximum Gasteiger partial charge on any atom is 0.251 e. The van der Waals surface area contributed by atoms with Crippen molar-refractivity contribution in [3.05, 3.63) is 29.3 Å². The van der Waals surface area contributed by atoms with Crippen molar-refractivity contribution in [3.63, 3.8) is 0 Å². The number of carbonyl (C=O) groups is 2. The summed E-state index contributed by atoms with van der Waals surface area (Å²) < 4.78 is 0. The Morgan fingerprint density at radius 1 is 1.18 bits per heavy atom. The summed E-state index contributed by atoms with van der Waals surface area (Å²) in [6, 6.07) is 5.67. The lowest BCUT2D eigenvalue weighted by Crippen LogP contribution is -2.42. The first-order valence-electron chi connectivity index (χ1n) is 8.06. The third-order valence-corrected chi connectivity index (χ3v) is 4.58. The number of amides is 2. The highest BCUT2D eigenvalue weighted by Gasteiger charge is 2.27. The van der Waals surface area contributed by atoms with Crippen molar-refractivity contribution in [3.8, 4) is 0 Å². The first-order valence-corrected chi connectivity index (χ1v) is 8.06. The van der Waals surface area contributed by atoms with Crippen molar-refractivity contribution in [2.75, 3.05) is 5.32 Å². The third-order valence-electron chi connectivity index (χ3n) is 4.58. The molecule has 0 spiro atoms. The van der Waals surface area contributed by atoms with Crippen molar-refractivity contribution >= 4 is 17.5 Å². The Bertz CT molecular complexity index is 568. The molecule has 2 amide bonds. The minimum atomic E-state index is -0.129. The van der Waals surface area contributed by atoms with E-state index in [4.69, 9.17) is 0 Å². The number of benzene rings is 1. The molecule has 120 valence electrons. The van der Waals surface area contributed by atoms with Crippen LogP contribution in [0.5, 0.6) is 0 Å². The highest BCUT2D eigenvalue weighted by molar-refractivity contribution is 5.97. The van der Waals surface area contributed by atoms with E-state index in [1.165, 1.54) is 13.3 Å². The molecular weight excluding hydrogens is 276 g/mol. The zero-order chi connectivity index (χ0) is 16.3. The Labute approximate surface area is 132 Å². The topological polar surface area (TPSA) is 58.2 Å². The predicted octanol–water partition coefficient (Wildman–Crippen LogP) is 3.51. The number of carbonyl (C=O) groups excluding carboxylic acids is 2. The van der Waals surface area contributed by atoms with Crippen molar-refractivity contribution in [2.45, 2.75) is 53.0 Å². The average Bonchev–Trinajstić information content (AvgIpc) is 2.44. The second-order valence-corrected chi connectivity index (χ2v) is 6.69. The molecule has 0 aliphatic heterocycles. The van der Waals surface area contributed by atoms with Crippen LogP contribution in [0.15, 0.2) is 18.2 Å². The number of hydrogen-bond donors (Lipinski definition) is 2. The molecule has 0 saturated heterocycles. The van der Waals surface area contributed by atoms with Crippen LogP contribution in [0, 0.1) is 18.8 Å². The van der Waals surface area contributed by atoms with Crippen molar-refractivity contribution in [1.29, 1.82) is 0 Å². The fourth-order valence-corrected chi connectivity index (χ4v) is 3.07. The standard InChI is InChI=1S/C18H26N2O2/c1-11-5-6-12(2)16(9-11)20-18(22)15-8-7-13(3)17(10-15)19-14(4)21/h7-8,10-12,16H,5-6,9H2,1-4H3,(H,19,21)(H,20,22)/t11-,12-,16-/m1/s1. The number of aryl methyl sites for hydroxylation is 1. The number of nitrogens with one attached hydrogen (secondary N) is 2. The summed E-state index contributed by atoms with van der Waals surface area (Å²) in [5.74, 6) is 0.989.